The number of nitrogens with one attached hydrogen (secondary N) is 3. The standard InChI is InChI=1S/C28H22F3N3O3/c29-28(30,31)23-16-15-22(26(36)33-23)27(37)34-25(19-9-5-2-6-10-19)20-11-13-21(14-12-20)32-24(35)17-18-7-3-1-4-8-18/h1-16,25H,17H2,(H,32,35)(H,33,36)(H,34,37). The van der Waals surface area contributed by atoms with Crippen LogP contribution in [0.3, 0.4) is 0 Å². The molecule has 0 radical (unpaired) electrons. The molecule has 1 aromatic heterocycles. The summed E-state index contributed by atoms with van der Waals surface area (Å²) in [6.45, 7) is 0. The molecule has 1 unspecified atom stereocenters. The van der Waals surface area contributed by atoms with E-state index in [1.54, 1.807) is 59.6 Å². The fraction of sp³-hybridized carbons (Fsp3) is 0.107. The van der Waals surface area contributed by atoms with Gasteiger partial charge in [0.1, 0.15) is 11.3 Å². The minimum Gasteiger partial charge on any atom is -0.341 e. The highest BCUT2D eigenvalue weighted by molar-refractivity contribution is 5.94. The number of hydrogen-bond donors (Lipinski definition) is 3. The molecule has 0 saturated heterocycles. The van der Waals surface area contributed by atoms with Crippen molar-refractivity contribution < 1.29 is 22.8 Å². The van der Waals surface area contributed by atoms with E-state index in [0.29, 0.717) is 22.9 Å². The molecule has 0 saturated carbocycles. The van der Waals surface area contributed by atoms with Gasteiger partial charge in [-0.05, 0) is 41.0 Å². The molecule has 3 aromatic carbocycles. The number of pyridine rings is 1. The molecule has 6 nitrogen and oxygen atoms in total. The van der Waals surface area contributed by atoms with Crippen LogP contribution in [0.4, 0.5) is 18.9 Å². The molecule has 2 amide bonds. The molecular formula is C28H22F3N3O3. The zero-order valence-corrected chi connectivity index (χ0v) is 19.4. The van der Waals surface area contributed by atoms with Gasteiger partial charge in [-0.3, -0.25) is 14.4 Å². The molecule has 1 atom stereocenters. The third kappa shape index (κ3) is 6.52. The molecule has 0 aliphatic heterocycles. The summed E-state index contributed by atoms with van der Waals surface area (Å²) in [6.07, 6.45) is -4.52. The number of H-pyrrole nitrogens is 1. The first-order valence-corrected chi connectivity index (χ1v) is 11.3. The average Bonchev–Trinajstić information content (AvgIpc) is 2.88. The third-order valence-electron chi connectivity index (χ3n) is 5.60. The predicted octanol–water partition coefficient (Wildman–Crippen LogP) is 5.09. The van der Waals surface area contributed by atoms with Crippen LogP contribution in [0.2, 0.25) is 0 Å². The molecule has 1 heterocycles. The summed E-state index contributed by atoms with van der Waals surface area (Å²) in [5.74, 6) is -1.02. The van der Waals surface area contributed by atoms with Crippen LogP contribution in [0.5, 0.6) is 0 Å². The summed E-state index contributed by atoms with van der Waals surface area (Å²) in [7, 11) is 0. The molecule has 188 valence electrons. The summed E-state index contributed by atoms with van der Waals surface area (Å²) >= 11 is 0. The van der Waals surface area contributed by atoms with Crippen molar-refractivity contribution in [2.24, 2.45) is 0 Å². The van der Waals surface area contributed by atoms with Crippen LogP contribution < -0.4 is 16.2 Å². The topological polar surface area (TPSA) is 91.1 Å². The number of anilines is 1. The van der Waals surface area contributed by atoms with Crippen molar-refractivity contribution in [1.29, 1.82) is 0 Å². The molecule has 4 rings (SSSR count). The van der Waals surface area contributed by atoms with Gasteiger partial charge in [-0.25, -0.2) is 0 Å². The number of amides is 2. The minimum atomic E-state index is -4.74. The molecule has 3 N–H and O–H groups in total. The number of hydrogen-bond acceptors (Lipinski definition) is 3. The lowest BCUT2D eigenvalue weighted by atomic mass is 9.98. The molecular weight excluding hydrogens is 483 g/mol. The van der Waals surface area contributed by atoms with E-state index in [1.165, 1.54) is 0 Å². The number of aromatic amines is 1. The highest BCUT2D eigenvalue weighted by Crippen LogP contribution is 2.27. The molecule has 0 aliphatic rings. The van der Waals surface area contributed by atoms with E-state index in [1.807, 2.05) is 30.3 Å². The van der Waals surface area contributed by atoms with Crippen molar-refractivity contribution >= 4 is 17.5 Å². The summed E-state index contributed by atoms with van der Waals surface area (Å²) in [5, 5.41) is 5.55. The van der Waals surface area contributed by atoms with Crippen LogP contribution in [0.15, 0.2) is 102 Å². The maximum Gasteiger partial charge on any atom is 0.431 e. The lowest BCUT2D eigenvalue weighted by Crippen LogP contribution is -2.34. The van der Waals surface area contributed by atoms with Crippen molar-refractivity contribution in [3.8, 4) is 0 Å². The van der Waals surface area contributed by atoms with Crippen LogP contribution in [0, 0.1) is 0 Å². The molecule has 0 aliphatic carbocycles. The summed E-state index contributed by atoms with van der Waals surface area (Å²) in [4.78, 5) is 39.2. The van der Waals surface area contributed by atoms with Gasteiger partial charge in [-0.15, -0.1) is 0 Å². The van der Waals surface area contributed by atoms with Crippen molar-refractivity contribution in [1.82, 2.24) is 10.3 Å². The Bertz CT molecular complexity index is 1430. The SMILES string of the molecule is O=C(Cc1ccccc1)Nc1ccc(C(NC(=O)c2ccc(C(F)(F)F)[nH]c2=O)c2ccccc2)cc1. The smallest absolute Gasteiger partial charge is 0.341 e. The monoisotopic (exact) mass is 505 g/mol. The highest BCUT2D eigenvalue weighted by Gasteiger charge is 2.32. The van der Waals surface area contributed by atoms with Crippen molar-refractivity contribution in [3.05, 3.63) is 135 Å². The summed E-state index contributed by atoms with van der Waals surface area (Å²) in [6, 6.07) is 25.8. The first-order chi connectivity index (χ1) is 17.7. The summed E-state index contributed by atoms with van der Waals surface area (Å²) < 4.78 is 38.6. The molecule has 37 heavy (non-hydrogen) atoms. The van der Waals surface area contributed by atoms with E-state index >= 15 is 0 Å². The zero-order valence-electron chi connectivity index (χ0n) is 19.4. The molecule has 0 fully saturated rings. The average molecular weight is 505 g/mol. The lowest BCUT2D eigenvalue weighted by Gasteiger charge is -2.20. The predicted molar refractivity (Wildman–Crippen MR) is 133 cm³/mol. The van der Waals surface area contributed by atoms with Crippen LogP contribution in [-0.2, 0) is 17.4 Å². The number of carbonyl (C=O) groups is 2. The van der Waals surface area contributed by atoms with Gasteiger partial charge in [-0.2, -0.15) is 13.2 Å². The van der Waals surface area contributed by atoms with E-state index in [9.17, 15) is 27.6 Å². The molecule has 0 spiro atoms. The largest absolute Gasteiger partial charge is 0.431 e. The zero-order chi connectivity index (χ0) is 26.4. The van der Waals surface area contributed by atoms with Gasteiger partial charge in [0.15, 0.2) is 0 Å². The molecule has 4 aromatic rings. The minimum absolute atomic E-state index is 0.187. The Morgan fingerprint density at radius 3 is 1.97 bits per heavy atom. The fourth-order valence-corrected chi connectivity index (χ4v) is 3.78. The lowest BCUT2D eigenvalue weighted by molar-refractivity contribution is -0.141. The first kappa shape index (κ1) is 25.4. The van der Waals surface area contributed by atoms with Gasteiger partial charge in [0.25, 0.3) is 11.5 Å². The Morgan fingerprint density at radius 1 is 0.784 bits per heavy atom. The van der Waals surface area contributed by atoms with Crippen molar-refractivity contribution in [3.63, 3.8) is 0 Å². The fourth-order valence-electron chi connectivity index (χ4n) is 3.78. The summed E-state index contributed by atoms with van der Waals surface area (Å²) in [5.41, 5.74) is -0.0550. The van der Waals surface area contributed by atoms with Gasteiger partial charge in [0.05, 0.1) is 12.5 Å². The van der Waals surface area contributed by atoms with Gasteiger partial charge in [0, 0.05) is 5.69 Å². The third-order valence-corrected chi connectivity index (χ3v) is 5.60. The second-order valence-electron chi connectivity index (χ2n) is 8.26. The second kappa shape index (κ2) is 10.9. The molecule has 0 bridgehead atoms. The number of benzene rings is 3. The quantitative estimate of drug-likeness (QED) is 0.327. The highest BCUT2D eigenvalue weighted by atomic mass is 19.4. The Kier molecular flexibility index (Phi) is 7.52. The number of aromatic nitrogens is 1. The molecule has 9 heteroatoms. The number of halogens is 3. The van der Waals surface area contributed by atoms with Gasteiger partial charge in [-0.1, -0.05) is 72.8 Å². The Labute approximate surface area is 210 Å². The Hall–Kier alpha value is -4.66. The van der Waals surface area contributed by atoms with Crippen LogP contribution >= 0.6 is 0 Å². The number of carbonyl (C=O) groups excluding carboxylic acids is 2. The van der Waals surface area contributed by atoms with Crippen molar-refractivity contribution in [2.45, 2.75) is 18.6 Å². The van der Waals surface area contributed by atoms with Crippen LogP contribution in [0.1, 0.15) is 38.8 Å². The van der Waals surface area contributed by atoms with Gasteiger partial charge >= 0.3 is 6.18 Å². The number of alkyl halides is 3. The van der Waals surface area contributed by atoms with Crippen molar-refractivity contribution in [2.75, 3.05) is 5.32 Å². The normalized spacial score (nSPS) is 12.0. The Morgan fingerprint density at radius 2 is 1.38 bits per heavy atom. The van der Waals surface area contributed by atoms with Gasteiger partial charge in [0.2, 0.25) is 5.91 Å². The Balaban J connectivity index is 1.53. The van der Waals surface area contributed by atoms with Crippen LogP contribution in [0.25, 0.3) is 0 Å². The van der Waals surface area contributed by atoms with Crippen LogP contribution in [-0.4, -0.2) is 16.8 Å². The van der Waals surface area contributed by atoms with Gasteiger partial charge < -0.3 is 15.6 Å². The maximum absolute atomic E-state index is 12.9. The van der Waals surface area contributed by atoms with E-state index in [-0.39, 0.29) is 12.3 Å². The maximum atomic E-state index is 12.9. The van der Waals surface area contributed by atoms with E-state index in [4.69, 9.17) is 0 Å². The number of rotatable bonds is 7. The van der Waals surface area contributed by atoms with E-state index in [2.05, 4.69) is 10.6 Å². The first-order valence-electron chi connectivity index (χ1n) is 11.3. The van der Waals surface area contributed by atoms with E-state index < -0.39 is 34.9 Å². The van der Waals surface area contributed by atoms with E-state index in [0.717, 1.165) is 11.6 Å². The second-order valence-corrected chi connectivity index (χ2v) is 8.26.